The van der Waals surface area contributed by atoms with Gasteiger partial charge in [-0.1, -0.05) is 0 Å². The molecule has 0 radical (unpaired) electrons. The number of anilines is 1. The summed E-state index contributed by atoms with van der Waals surface area (Å²) in [5, 5.41) is 11.2. The molecule has 0 saturated heterocycles. The summed E-state index contributed by atoms with van der Waals surface area (Å²) >= 11 is 0. The van der Waals surface area contributed by atoms with Crippen molar-refractivity contribution in [2.75, 3.05) is 11.9 Å². The van der Waals surface area contributed by atoms with Gasteiger partial charge in [0.1, 0.15) is 5.82 Å². The second kappa shape index (κ2) is 5.14. The van der Waals surface area contributed by atoms with Crippen LogP contribution in [0.1, 0.15) is 24.2 Å². The van der Waals surface area contributed by atoms with Gasteiger partial charge in [-0.25, -0.2) is 9.18 Å². The molecule has 0 heterocycles. The van der Waals surface area contributed by atoms with Gasteiger partial charge in [0.2, 0.25) is 5.91 Å². The average Bonchev–Trinajstić information content (AvgIpc) is 2.28. The Labute approximate surface area is 104 Å². The Hall–Kier alpha value is -1.95. The van der Waals surface area contributed by atoms with E-state index in [-0.39, 0.29) is 18.1 Å². The van der Waals surface area contributed by atoms with Crippen molar-refractivity contribution in [2.45, 2.75) is 13.8 Å². The maximum Gasteiger partial charge on any atom is 0.338 e. The fourth-order valence-corrected chi connectivity index (χ4v) is 1.16. The first-order valence-electron chi connectivity index (χ1n) is 5.32. The predicted octanol–water partition coefficient (Wildman–Crippen LogP) is 1.45. The van der Waals surface area contributed by atoms with Crippen LogP contribution in [-0.4, -0.2) is 23.5 Å². The lowest BCUT2D eigenvalue weighted by molar-refractivity contribution is -0.123. The van der Waals surface area contributed by atoms with Crippen molar-refractivity contribution in [1.82, 2.24) is 0 Å². The topological polar surface area (TPSA) is 92.4 Å². The molecule has 0 fully saturated rings. The minimum Gasteiger partial charge on any atom is -0.478 e. The van der Waals surface area contributed by atoms with Crippen LogP contribution in [0.15, 0.2) is 18.2 Å². The summed E-state index contributed by atoms with van der Waals surface area (Å²) in [6.07, 6.45) is 0. The Morgan fingerprint density at radius 2 is 2.06 bits per heavy atom. The summed E-state index contributed by atoms with van der Waals surface area (Å²) in [5.74, 6) is -2.61. The number of rotatable bonds is 4. The van der Waals surface area contributed by atoms with Crippen LogP contribution in [0.3, 0.4) is 0 Å². The minimum absolute atomic E-state index is 0.147. The zero-order valence-electron chi connectivity index (χ0n) is 10.2. The average molecular weight is 254 g/mol. The summed E-state index contributed by atoms with van der Waals surface area (Å²) in [4.78, 5) is 22.4. The van der Waals surface area contributed by atoms with E-state index >= 15 is 0 Å². The molecule has 1 amide bonds. The fraction of sp³-hybridized carbons (Fsp3) is 0.333. The van der Waals surface area contributed by atoms with Gasteiger partial charge in [0.15, 0.2) is 0 Å². The van der Waals surface area contributed by atoms with E-state index in [1.165, 1.54) is 6.07 Å². The van der Waals surface area contributed by atoms with Crippen molar-refractivity contribution in [1.29, 1.82) is 0 Å². The molecule has 5 nitrogen and oxygen atoms in total. The molecule has 0 aliphatic rings. The second-order valence-corrected chi connectivity index (χ2v) is 4.54. The number of carboxylic acids is 1. The molecule has 1 aromatic carbocycles. The van der Waals surface area contributed by atoms with Gasteiger partial charge in [-0.2, -0.15) is 0 Å². The van der Waals surface area contributed by atoms with Crippen molar-refractivity contribution in [3.05, 3.63) is 29.6 Å². The van der Waals surface area contributed by atoms with Gasteiger partial charge in [-0.15, -0.1) is 0 Å². The van der Waals surface area contributed by atoms with Crippen LogP contribution in [0.2, 0.25) is 0 Å². The Morgan fingerprint density at radius 3 is 2.50 bits per heavy atom. The lowest BCUT2D eigenvalue weighted by atomic mass is 9.92. The molecule has 0 bridgehead atoms. The highest BCUT2D eigenvalue weighted by atomic mass is 19.1. The Bertz CT molecular complexity index is 486. The highest BCUT2D eigenvalue weighted by molar-refractivity contribution is 5.95. The third-order valence-electron chi connectivity index (χ3n) is 2.58. The highest BCUT2D eigenvalue weighted by Crippen LogP contribution is 2.19. The van der Waals surface area contributed by atoms with Gasteiger partial charge in [-0.05, 0) is 32.0 Å². The largest absolute Gasteiger partial charge is 0.478 e. The Kier molecular flexibility index (Phi) is 4.03. The quantitative estimate of drug-likeness (QED) is 0.758. The maximum atomic E-state index is 13.4. The molecule has 0 aromatic heterocycles. The SMILES string of the molecule is CC(C)(CN)C(=O)Nc1ccc(C(=O)O)c(F)c1. The molecular weight excluding hydrogens is 239 g/mol. The first-order chi connectivity index (χ1) is 8.27. The van der Waals surface area contributed by atoms with E-state index in [0.717, 1.165) is 12.1 Å². The van der Waals surface area contributed by atoms with Crippen LogP contribution >= 0.6 is 0 Å². The molecule has 6 heteroatoms. The molecule has 1 rings (SSSR count). The molecule has 18 heavy (non-hydrogen) atoms. The van der Waals surface area contributed by atoms with Crippen LogP contribution in [-0.2, 0) is 4.79 Å². The molecule has 0 saturated carbocycles. The van der Waals surface area contributed by atoms with Gasteiger partial charge >= 0.3 is 5.97 Å². The van der Waals surface area contributed by atoms with Crippen molar-refractivity contribution >= 4 is 17.6 Å². The predicted molar refractivity (Wildman–Crippen MR) is 64.8 cm³/mol. The molecule has 1 aromatic rings. The standard InChI is InChI=1S/C12H15FN2O3/c1-12(2,6-14)11(18)15-7-3-4-8(10(16)17)9(13)5-7/h3-5H,6,14H2,1-2H3,(H,15,18)(H,16,17). The zero-order valence-corrected chi connectivity index (χ0v) is 10.2. The summed E-state index contributed by atoms with van der Waals surface area (Å²) in [7, 11) is 0. The number of carbonyl (C=O) groups is 2. The van der Waals surface area contributed by atoms with E-state index in [4.69, 9.17) is 10.8 Å². The number of hydrogen-bond donors (Lipinski definition) is 3. The summed E-state index contributed by atoms with van der Waals surface area (Å²) < 4.78 is 13.4. The maximum absolute atomic E-state index is 13.4. The molecule has 0 unspecified atom stereocenters. The lowest BCUT2D eigenvalue weighted by Crippen LogP contribution is -2.37. The number of nitrogens with two attached hydrogens (primary N) is 1. The fourth-order valence-electron chi connectivity index (χ4n) is 1.16. The van der Waals surface area contributed by atoms with E-state index in [2.05, 4.69) is 5.32 Å². The van der Waals surface area contributed by atoms with Crippen molar-refractivity contribution < 1.29 is 19.1 Å². The van der Waals surface area contributed by atoms with E-state index < -0.39 is 22.8 Å². The molecular formula is C12H15FN2O3. The van der Waals surface area contributed by atoms with E-state index in [9.17, 15) is 14.0 Å². The number of carbonyl (C=O) groups excluding carboxylic acids is 1. The normalized spacial score (nSPS) is 11.1. The third kappa shape index (κ3) is 3.04. The highest BCUT2D eigenvalue weighted by Gasteiger charge is 2.26. The summed E-state index contributed by atoms with van der Waals surface area (Å²) in [5.41, 5.74) is 4.43. The monoisotopic (exact) mass is 254 g/mol. The Morgan fingerprint density at radius 1 is 1.44 bits per heavy atom. The molecule has 0 aliphatic carbocycles. The van der Waals surface area contributed by atoms with Crippen molar-refractivity contribution in [3.63, 3.8) is 0 Å². The van der Waals surface area contributed by atoms with Crippen LogP contribution in [0.4, 0.5) is 10.1 Å². The first-order valence-corrected chi connectivity index (χ1v) is 5.32. The second-order valence-electron chi connectivity index (χ2n) is 4.54. The molecule has 0 aliphatic heterocycles. The number of halogens is 1. The lowest BCUT2D eigenvalue weighted by Gasteiger charge is -2.21. The molecule has 0 spiro atoms. The number of benzene rings is 1. The molecule has 4 N–H and O–H groups in total. The molecule has 98 valence electrons. The van der Waals surface area contributed by atoms with Crippen molar-refractivity contribution in [3.8, 4) is 0 Å². The van der Waals surface area contributed by atoms with Gasteiger partial charge in [0.05, 0.1) is 11.0 Å². The van der Waals surface area contributed by atoms with E-state index in [0.29, 0.717) is 0 Å². The van der Waals surface area contributed by atoms with Crippen LogP contribution in [0.25, 0.3) is 0 Å². The number of hydrogen-bond acceptors (Lipinski definition) is 3. The van der Waals surface area contributed by atoms with Gasteiger partial charge in [-0.3, -0.25) is 4.79 Å². The van der Waals surface area contributed by atoms with Crippen LogP contribution in [0.5, 0.6) is 0 Å². The van der Waals surface area contributed by atoms with E-state index in [1.807, 2.05) is 0 Å². The summed E-state index contributed by atoms with van der Waals surface area (Å²) in [6, 6.07) is 3.40. The third-order valence-corrected chi connectivity index (χ3v) is 2.58. The van der Waals surface area contributed by atoms with Gasteiger partial charge in [0.25, 0.3) is 0 Å². The number of aromatic carboxylic acids is 1. The van der Waals surface area contributed by atoms with E-state index in [1.54, 1.807) is 13.8 Å². The van der Waals surface area contributed by atoms with Crippen LogP contribution in [0, 0.1) is 11.2 Å². The number of carboxylic acid groups (broad SMARTS) is 1. The Balaban J connectivity index is 2.91. The summed E-state index contributed by atoms with van der Waals surface area (Å²) in [6.45, 7) is 3.46. The van der Waals surface area contributed by atoms with Gasteiger partial charge < -0.3 is 16.2 Å². The van der Waals surface area contributed by atoms with Gasteiger partial charge in [0, 0.05) is 12.2 Å². The van der Waals surface area contributed by atoms with Crippen molar-refractivity contribution in [2.24, 2.45) is 11.1 Å². The first kappa shape index (κ1) is 14.1. The minimum atomic E-state index is -1.35. The molecule has 0 atom stereocenters. The number of nitrogens with one attached hydrogen (secondary N) is 1. The smallest absolute Gasteiger partial charge is 0.338 e. The van der Waals surface area contributed by atoms with Crippen LogP contribution < -0.4 is 11.1 Å². The number of amides is 1. The zero-order chi connectivity index (χ0) is 13.9.